The Morgan fingerprint density at radius 2 is 2.18 bits per heavy atom. The highest BCUT2D eigenvalue weighted by Crippen LogP contribution is 1.93. The summed E-state index contributed by atoms with van der Waals surface area (Å²) in [6.07, 6.45) is 1.53. The molecule has 0 unspecified atom stereocenters. The van der Waals surface area contributed by atoms with Gasteiger partial charge in [-0.15, -0.1) is 10.2 Å². The SMILES string of the molecule is CC(C)NCCS(=O)(=O)NCc1nncn1C. The Labute approximate surface area is 102 Å². The van der Waals surface area contributed by atoms with E-state index in [1.54, 1.807) is 11.6 Å². The van der Waals surface area contributed by atoms with Crippen molar-refractivity contribution in [3.05, 3.63) is 12.2 Å². The van der Waals surface area contributed by atoms with E-state index in [9.17, 15) is 8.42 Å². The Kier molecular flexibility index (Phi) is 5.03. The van der Waals surface area contributed by atoms with E-state index >= 15 is 0 Å². The van der Waals surface area contributed by atoms with Crippen molar-refractivity contribution < 1.29 is 8.42 Å². The fourth-order valence-corrected chi connectivity index (χ4v) is 2.08. The summed E-state index contributed by atoms with van der Waals surface area (Å²) in [5, 5.41) is 10.5. The van der Waals surface area contributed by atoms with Gasteiger partial charge in [0.15, 0.2) is 0 Å². The molecule has 0 spiro atoms. The molecule has 1 aromatic heterocycles. The Balaban J connectivity index is 2.37. The summed E-state index contributed by atoms with van der Waals surface area (Å²) in [7, 11) is -1.50. The van der Waals surface area contributed by atoms with Crippen molar-refractivity contribution in [1.29, 1.82) is 0 Å². The molecule has 0 radical (unpaired) electrons. The van der Waals surface area contributed by atoms with Crippen LogP contribution < -0.4 is 10.0 Å². The van der Waals surface area contributed by atoms with Crippen LogP contribution in [-0.2, 0) is 23.6 Å². The Morgan fingerprint density at radius 3 is 2.71 bits per heavy atom. The molecule has 0 saturated carbocycles. The zero-order valence-corrected chi connectivity index (χ0v) is 11.2. The third kappa shape index (κ3) is 5.24. The van der Waals surface area contributed by atoms with Crippen molar-refractivity contribution >= 4 is 10.0 Å². The van der Waals surface area contributed by atoms with Crippen LogP contribution in [0.2, 0.25) is 0 Å². The highest BCUT2D eigenvalue weighted by molar-refractivity contribution is 7.89. The van der Waals surface area contributed by atoms with E-state index in [2.05, 4.69) is 20.2 Å². The molecule has 1 rings (SSSR count). The lowest BCUT2D eigenvalue weighted by Gasteiger charge is -2.09. The first-order chi connectivity index (χ1) is 7.91. The van der Waals surface area contributed by atoms with Gasteiger partial charge in [-0.3, -0.25) is 0 Å². The molecular weight excluding hydrogens is 242 g/mol. The Hall–Kier alpha value is -0.990. The van der Waals surface area contributed by atoms with E-state index in [-0.39, 0.29) is 18.3 Å². The minimum absolute atomic E-state index is 0.0586. The number of hydrogen-bond acceptors (Lipinski definition) is 5. The number of rotatable bonds is 7. The third-order valence-corrected chi connectivity index (χ3v) is 3.50. The molecule has 0 bridgehead atoms. The van der Waals surface area contributed by atoms with Gasteiger partial charge in [0.1, 0.15) is 12.2 Å². The summed E-state index contributed by atoms with van der Waals surface area (Å²) < 4.78 is 27.4. The molecule has 7 nitrogen and oxygen atoms in total. The Bertz CT molecular complexity index is 440. The molecular formula is C9H19N5O2S. The second kappa shape index (κ2) is 6.08. The zero-order chi connectivity index (χ0) is 12.9. The lowest BCUT2D eigenvalue weighted by Crippen LogP contribution is -2.34. The van der Waals surface area contributed by atoms with Crippen LogP contribution >= 0.6 is 0 Å². The number of aromatic nitrogens is 3. The lowest BCUT2D eigenvalue weighted by atomic mass is 10.4. The highest BCUT2D eigenvalue weighted by Gasteiger charge is 2.11. The second-order valence-electron chi connectivity index (χ2n) is 4.11. The molecule has 0 amide bonds. The first kappa shape index (κ1) is 14.1. The monoisotopic (exact) mass is 261 g/mol. The van der Waals surface area contributed by atoms with Crippen LogP contribution in [0.15, 0.2) is 6.33 Å². The van der Waals surface area contributed by atoms with E-state index in [4.69, 9.17) is 0 Å². The molecule has 0 atom stereocenters. The fraction of sp³-hybridized carbons (Fsp3) is 0.778. The Morgan fingerprint density at radius 1 is 1.47 bits per heavy atom. The van der Waals surface area contributed by atoms with E-state index in [0.29, 0.717) is 12.4 Å². The molecule has 98 valence electrons. The summed E-state index contributed by atoms with van der Waals surface area (Å²) in [5.41, 5.74) is 0. The first-order valence-electron chi connectivity index (χ1n) is 5.44. The molecule has 2 N–H and O–H groups in total. The quantitative estimate of drug-likeness (QED) is 0.673. The fourth-order valence-electron chi connectivity index (χ4n) is 1.20. The summed E-state index contributed by atoms with van der Waals surface area (Å²) in [4.78, 5) is 0. The smallest absolute Gasteiger partial charge is 0.213 e. The van der Waals surface area contributed by atoms with E-state index in [1.165, 1.54) is 6.33 Å². The van der Waals surface area contributed by atoms with Crippen LogP contribution in [0.3, 0.4) is 0 Å². The molecule has 0 saturated heterocycles. The van der Waals surface area contributed by atoms with E-state index in [0.717, 1.165) is 0 Å². The minimum atomic E-state index is -3.26. The van der Waals surface area contributed by atoms with Crippen molar-refractivity contribution in [2.45, 2.75) is 26.4 Å². The van der Waals surface area contributed by atoms with Gasteiger partial charge in [0.25, 0.3) is 0 Å². The van der Waals surface area contributed by atoms with Gasteiger partial charge in [-0.05, 0) is 0 Å². The molecule has 1 aromatic rings. The molecule has 8 heteroatoms. The van der Waals surface area contributed by atoms with Crippen molar-refractivity contribution in [3.63, 3.8) is 0 Å². The van der Waals surface area contributed by atoms with Gasteiger partial charge in [-0.1, -0.05) is 13.8 Å². The van der Waals surface area contributed by atoms with Gasteiger partial charge in [0.2, 0.25) is 10.0 Å². The van der Waals surface area contributed by atoms with Crippen LogP contribution in [0, 0.1) is 0 Å². The number of sulfonamides is 1. The van der Waals surface area contributed by atoms with Gasteiger partial charge in [0.05, 0.1) is 12.3 Å². The van der Waals surface area contributed by atoms with Crippen molar-refractivity contribution in [3.8, 4) is 0 Å². The molecule has 1 heterocycles. The van der Waals surface area contributed by atoms with Crippen molar-refractivity contribution in [1.82, 2.24) is 24.8 Å². The zero-order valence-electron chi connectivity index (χ0n) is 10.3. The first-order valence-corrected chi connectivity index (χ1v) is 7.09. The van der Waals surface area contributed by atoms with Crippen molar-refractivity contribution in [2.75, 3.05) is 12.3 Å². The molecule has 0 aliphatic rings. The average molecular weight is 261 g/mol. The second-order valence-corrected chi connectivity index (χ2v) is 6.03. The van der Waals surface area contributed by atoms with Gasteiger partial charge in [-0.2, -0.15) is 0 Å². The molecule has 0 aromatic carbocycles. The molecule has 17 heavy (non-hydrogen) atoms. The maximum Gasteiger partial charge on any atom is 0.213 e. The number of hydrogen-bond donors (Lipinski definition) is 2. The standard InChI is InChI=1S/C9H19N5O2S/c1-8(2)10-4-5-17(15,16)12-6-9-13-11-7-14(9)3/h7-8,10,12H,4-6H2,1-3H3. The average Bonchev–Trinajstić information content (AvgIpc) is 2.60. The number of nitrogens with zero attached hydrogens (tertiary/aromatic N) is 3. The number of nitrogens with one attached hydrogen (secondary N) is 2. The summed E-state index contributed by atoms with van der Waals surface area (Å²) in [6, 6.07) is 0.281. The van der Waals surface area contributed by atoms with Crippen LogP contribution in [0.5, 0.6) is 0 Å². The van der Waals surface area contributed by atoms with Crippen LogP contribution in [0.25, 0.3) is 0 Å². The third-order valence-electron chi connectivity index (χ3n) is 2.18. The minimum Gasteiger partial charge on any atom is -0.320 e. The summed E-state index contributed by atoms with van der Waals surface area (Å²) >= 11 is 0. The summed E-state index contributed by atoms with van der Waals surface area (Å²) in [6.45, 7) is 4.55. The molecule has 0 aliphatic carbocycles. The maximum absolute atomic E-state index is 11.6. The highest BCUT2D eigenvalue weighted by atomic mass is 32.2. The van der Waals surface area contributed by atoms with Gasteiger partial charge >= 0.3 is 0 Å². The van der Waals surface area contributed by atoms with Crippen LogP contribution in [0.4, 0.5) is 0 Å². The normalized spacial score (nSPS) is 12.2. The van der Waals surface area contributed by atoms with Crippen LogP contribution in [-0.4, -0.2) is 41.5 Å². The molecule has 0 fully saturated rings. The van der Waals surface area contributed by atoms with Gasteiger partial charge in [0, 0.05) is 19.6 Å². The predicted octanol–water partition coefficient (Wildman–Crippen LogP) is -0.767. The van der Waals surface area contributed by atoms with E-state index < -0.39 is 10.0 Å². The van der Waals surface area contributed by atoms with E-state index in [1.807, 2.05) is 13.8 Å². The predicted molar refractivity (Wildman–Crippen MR) is 64.8 cm³/mol. The number of aryl methyl sites for hydroxylation is 1. The largest absolute Gasteiger partial charge is 0.320 e. The van der Waals surface area contributed by atoms with Crippen molar-refractivity contribution in [2.24, 2.45) is 7.05 Å². The van der Waals surface area contributed by atoms with Gasteiger partial charge < -0.3 is 9.88 Å². The summed E-state index contributed by atoms with van der Waals surface area (Å²) in [5.74, 6) is 0.647. The van der Waals surface area contributed by atoms with Crippen LogP contribution in [0.1, 0.15) is 19.7 Å². The topological polar surface area (TPSA) is 88.9 Å². The molecule has 0 aliphatic heterocycles. The lowest BCUT2D eigenvalue weighted by molar-refractivity contribution is 0.564. The maximum atomic E-state index is 11.6. The van der Waals surface area contributed by atoms with Gasteiger partial charge in [-0.25, -0.2) is 13.1 Å².